The van der Waals surface area contributed by atoms with Crippen molar-refractivity contribution in [3.8, 4) is 22.8 Å². The van der Waals surface area contributed by atoms with Crippen molar-refractivity contribution in [1.29, 1.82) is 0 Å². The third-order valence-corrected chi connectivity index (χ3v) is 5.49. The van der Waals surface area contributed by atoms with E-state index in [-0.39, 0.29) is 18.9 Å². The van der Waals surface area contributed by atoms with E-state index in [1.807, 2.05) is 47.8 Å². The van der Waals surface area contributed by atoms with Gasteiger partial charge in [0.15, 0.2) is 16.5 Å². The first-order chi connectivity index (χ1) is 14.2. The van der Waals surface area contributed by atoms with Crippen LogP contribution in [0.2, 0.25) is 0 Å². The van der Waals surface area contributed by atoms with Gasteiger partial charge in [-0.05, 0) is 23.3 Å². The third kappa shape index (κ3) is 3.13. The lowest BCUT2D eigenvalue weighted by molar-refractivity contribution is 0.0949. The smallest absolute Gasteiger partial charge is 0.271 e. The van der Waals surface area contributed by atoms with Crippen LogP contribution in [0, 0.1) is 0 Å². The van der Waals surface area contributed by atoms with Crippen LogP contribution in [-0.2, 0) is 6.54 Å². The van der Waals surface area contributed by atoms with Gasteiger partial charge in [-0.1, -0.05) is 36.4 Å². The fourth-order valence-corrected chi connectivity index (χ4v) is 4.05. The summed E-state index contributed by atoms with van der Waals surface area (Å²) in [7, 11) is 0. The number of fused-ring (bicyclic) bond motifs is 2. The molecule has 0 saturated heterocycles. The maximum absolute atomic E-state index is 13.0. The number of thiazole rings is 1. The summed E-state index contributed by atoms with van der Waals surface area (Å²) >= 11 is 1.36. The third-order valence-electron chi connectivity index (χ3n) is 4.65. The molecule has 0 fully saturated rings. The van der Waals surface area contributed by atoms with Crippen LogP contribution < -0.4 is 20.3 Å². The van der Waals surface area contributed by atoms with E-state index < -0.39 is 11.5 Å². The van der Waals surface area contributed by atoms with Crippen molar-refractivity contribution in [3.63, 3.8) is 0 Å². The number of rotatable bonds is 4. The summed E-state index contributed by atoms with van der Waals surface area (Å²) in [5.74, 6) is 0.851. The lowest BCUT2D eigenvalue weighted by Crippen LogP contribution is -2.31. The average Bonchev–Trinajstić information content (AvgIpc) is 3.40. The number of carbonyl (C=O) groups excluding carboxylic acids is 1. The number of nitrogens with zero attached hydrogens (tertiary/aromatic N) is 2. The first-order valence-corrected chi connectivity index (χ1v) is 9.80. The molecule has 0 radical (unpaired) electrons. The maximum Gasteiger partial charge on any atom is 0.271 e. The van der Waals surface area contributed by atoms with E-state index >= 15 is 0 Å². The number of ether oxygens (including phenoxy) is 2. The van der Waals surface area contributed by atoms with Crippen molar-refractivity contribution < 1.29 is 14.3 Å². The van der Waals surface area contributed by atoms with Crippen molar-refractivity contribution in [2.45, 2.75) is 6.54 Å². The predicted octanol–water partition coefficient (Wildman–Crippen LogP) is 3.08. The molecule has 0 aliphatic carbocycles. The molecule has 0 saturated carbocycles. The van der Waals surface area contributed by atoms with Gasteiger partial charge in [0.25, 0.3) is 11.5 Å². The molecule has 4 aromatic rings. The zero-order chi connectivity index (χ0) is 19.8. The predicted molar refractivity (Wildman–Crippen MR) is 109 cm³/mol. The summed E-state index contributed by atoms with van der Waals surface area (Å²) in [5, 5.41) is 4.65. The standard InChI is InChI=1S/C21H15N3O4S/c25-19(22-9-13-6-7-17-18(8-13)28-12-27-17)15-10-23-21-24(20(15)26)16(11-29-21)14-4-2-1-3-5-14/h1-8,10-11H,9,12H2,(H,22,25). The Morgan fingerprint density at radius 2 is 1.97 bits per heavy atom. The highest BCUT2D eigenvalue weighted by molar-refractivity contribution is 7.15. The van der Waals surface area contributed by atoms with E-state index in [0.717, 1.165) is 11.1 Å². The normalized spacial score (nSPS) is 12.3. The summed E-state index contributed by atoms with van der Waals surface area (Å²) in [6, 6.07) is 15.0. The zero-order valence-electron chi connectivity index (χ0n) is 15.1. The Kier molecular flexibility index (Phi) is 4.25. The second kappa shape index (κ2) is 7.06. The quantitative estimate of drug-likeness (QED) is 0.564. The van der Waals surface area contributed by atoms with Gasteiger partial charge < -0.3 is 14.8 Å². The average molecular weight is 405 g/mol. The SMILES string of the molecule is O=C(NCc1ccc2c(c1)OCO2)c1cnc2scc(-c3ccccc3)n2c1=O. The van der Waals surface area contributed by atoms with Gasteiger partial charge in [0.05, 0.1) is 5.69 Å². The molecular weight excluding hydrogens is 390 g/mol. The van der Waals surface area contributed by atoms with Crippen LogP contribution in [0.15, 0.2) is 64.9 Å². The van der Waals surface area contributed by atoms with Gasteiger partial charge in [-0.2, -0.15) is 0 Å². The van der Waals surface area contributed by atoms with Gasteiger partial charge in [-0.25, -0.2) is 4.98 Å². The van der Waals surface area contributed by atoms with Gasteiger partial charge in [-0.3, -0.25) is 14.0 Å². The molecule has 29 heavy (non-hydrogen) atoms. The molecule has 2 aromatic carbocycles. The largest absolute Gasteiger partial charge is 0.454 e. The van der Waals surface area contributed by atoms with Crippen LogP contribution in [0.5, 0.6) is 11.5 Å². The molecule has 0 bridgehead atoms. The maximum atomic E-state index is 13.0. The number of aromatic nitrogens is 2. The molecule has 3 heterocycles. The van der Waals surface area contributed by atoms with Gasteiger partial charge in [0.2, 0.25) is 6.79 Å². The van der Waals surface area contributed by atoms with E-state index in [0.29, 0.717) is 22.2 Å². The van der Waals surface area contributed by atoms with Gasteiger partial charge in [-0.15, -0.1) is 11.3 Å². The second-order valence-electron chi connectivity index (χ2n) is 6.45. The molecule has 5 rings (SSSR count). The van der Waals surface area contributed by atoms with E-state index in [1.165, 1.54) is 21.9 Å². The van der Waals surface area contributed by atoms with Crippen molar-refractivity contribution in [2.24, 2.45) is 0 Å². The lowest BCUT2D eigenvalue weighted by Gasteiger charge is -2.07. The number of hydrogen-bond donors (Lipinski definition) is 1. The molecule has 144 valence electrons. The topological polar surface area (TPSA) is 81.9 Å². The molecule has 0 unspecified atom stereocenters. The molecule has 8 heteroatoms. The highest BCUT2D eigenvalue weighted by atomic mass is 32.1. The Labute approximate surface area is 169 Å². The van der Waals surface area contributed by atoms with E-state index in [4.69, 9.17) is 9.47 Å². The molecule has 7 nitrogen and oxygen atoms in total. The number of nitrogens with one attached hydrogen (secondary N) is 1. The monoisotopic (exact) mass is 405 g/mol. The molecule has 1 N–H and O–H groups in total. The summed E-state index contributed by atoms with van der Waals surface area (Å²) < 4.78 is 12.1. The minimum atomic E-state index is -0.472. The molecule has 2 aromatic heterocycles. The minimum absolute atomic E-state index is 0.00109. The van der Waals surface area contributed by atoms with Gasteiger partial charge >= 0.3 is 0 Å². The summed E-state index contributed by atoms with van der Waals surface area (Å²) in [6.45, 7) is 0.449. The van der Waals surface area contributed by atoms with Crippen LogP contribution in [0.1, 0.15) is 15.9 Å². The number of benzene rings is 2. The fraction of sp³-hybridized carbons (Fsp3) is 0.0952. The summed E-state index contributed by atoms with van der Waals surface area (Å²) in [5.41, 5.74) is 2.06. The van der Waals surface area contributed by atoms with Gasteiger partial charge in [0, 0.05) is 18.1 Å². The Morgan fingerprint density at radius 1 is 1.14 bits per heavy atom. The van der Waals surface area contributed by atoms with Crippen molar-refractivity contribution in [2.75, 3.05) is 6.79 Å². The van der Waals surface area contributed by atoms with Crippen molar-refractivity contribution in [3.05, 3.63) is 81.6 Å². The minimum Gasteiger partial charge on any atom is -0.454 e. The Bertz CT molecular complexity index is 1280. The van der Waals surface area contributed by atoms with E-state index in [2.05, 4.69) is 10.3 Å². The molecule has 1 amide bonds. The van der Waals surface area contributed by atoms with Crippen LogP contribution in [0.4, 0.5) is 0 Å². The first kappa shape index (κ1) is 17.4. The van der Waals surface area contributed by atoms with Crippen LogP contribution in [0.3, 0.4) is 0 Å². The zero-order valence-corrected chi connectivity index (χ0v) is 15.9. The highest BCUT2D eigenvalue weighted by Gasteiger charge is 2.18. The highest BCUT2D eigenvalue weighted by Crippen LogP contribution is 2.32. The molecule has 1 aliphatic rings. The van der Waals surface area contributed by atoms with Crippen molar-refractivity contribution in [1.82, 2.24) is 14.7 Å². The van der Waals surface area contributed by atoms with Crippen LogP contribution in [0.25, 0.3) is 16.2 Å². The molecule has 1 aliphatic heterocycles. The number of amides is 1. The van der Waals surface area contributed by atoms with E-state index in [1.54, 1.807) is 6.07 Å². The Balaban J connectivity index is 1.43. The summed E-state index contributed by atoms with van der Waals surface area (Å²) in [6.07, 6.45) is 1.33. The molecule has 0 spiro atoms. The number of carbonyl (C=O) groups is 1. The first-order valence-electron chi connectivity index (χ1n) is 8.92. The molecule has 0 atom stereocenters. The lowest BCUT2D eigenvalue weighted by atomic mass is 10.2. The van der Waals surface area contributed by atoms with Crippen molar-refractivity contribution >= 4 is 22.2 Å². The Hall–Kier alpha value is -3.65. The van der Waals surface area contributed by atoms with Crippen LogP contribution >= 0.6 is 11.3 Å². The fourth-order valence-electron chi connectivity index (χ4n) is 3.19. The van der Waals surface area contributed by atoms with E-state index in [9.17, 15) is 9.59 Å². The van der Waals surface area contributed by atoms with Crippen LogP contribution in [-0.4, -0.2) is 22.1 Å². The molecular formula is C21H15N3O4S. The number of hydrogen-bond acceptors (Lipinski definition) is 6. The van der Waals surface area contributed by atoms with Gasteiger partial charge in [0.1, 0.15) is 5.56 Å². The Morgan fingerprint density at radius 3 is 2.83 bits per heavy atom. The summed E-state index contributed by atoms with van der Waals surface area (Å²) in [4.78, 5) is 30.5. The second-order valence-corrected chi connectivity index (χ2v) is 7.29.